The molecule has 0 amide bonds. The summed E-state index contributed by atoms with van der Waals surface area (Å²) in [5, 5.41) is 19.8. The Kier molecular flexibility index (Phi) is 7.88. The highest BCUT2D eigenvalue weighted by Gasteiger charge is 2.24. The van der Waals surface area contributed by atoms with E-state index >= 15 is 0 Å². The van der Waals surface area contributed by atoms with Crippen molar-refractivity contribution in [1.82, 2.24) is 0 Å². The standard InChI is InChI=1S/C21H27BO4/c1-3-26-21(24)20(23)14-17(15-22(2)25)13-16-9-11-19(12-10-16)18-7-5-4-6-8-18/h4-12,17,20,23,25H,3,13-15H2,1-2H3/t17-,20+/m0/s1. The van der Waals surface area contributed by atoms with Gasteiger partial charge in [-0.3, -0.25) is 0 Å². The van der Waals surface area contributed by atoms with Crippen LogP contribution in [-0.2, 0) is 16.0 Å². The van der Waals surface area contributed by atoms with E-state index in [-0.39, 0.29) is 18.9 Å². The van der Waals surface area contributed by atoms with Crippen molar-refractivity contribution in [3.05, 3.63) is 60.2 Å². The zero-order valence-electron chi connectivity index (χ0n) is 15.5. The summed E-state index contributed by atoms with van der Waals surface area (Å²) >= 11 is 0. The number of ether oxygens (including phenoxy) is 1. The van der Waals surface area contributed by atoms with Gasteiger partial charge in [-0.1, -0.05) is 61.4 Å². The summed E-state index contributed by atoms with van der Waals surface area (Å²) in [6.45, 7) is 3.20. The molecule has 0 spiro atoms. The second-order valence-electron chi connectivity index (χ2n) is 6.72. The van der Waals surface area contributed by atoms with Crippen LogP contribution in [0.3, 0.4) is 0 Å². The summed E-state index contributed by atoms with van der Waals surface area (Å²) in [5.41, 5.74) is 3.43. The van der Waals surface area contributed by atoms with Gasteiger partial charge < -0.3 is 14.9 Å². The number of hydrogen-bond donors (Lipinski definition) is 2. The van der Waals surface area contributed by atoms with Crippen molar-refractivity contribution in [2.24, 2.45) is 5.92 Å². The molecule has 0 aliphatic carbocycles. The van der Waals surface area contributed by atoms with E-state index < -0.39 is 19.0 Å². The minimum atomic E-state index is -1.15. The van der Waals surface area contributed by atoms with Gasteiger partial charge in [0.25, 0.3) is 6.92 Å². The third-order valence-corrected chi connectivity index (χ3v) is 4.38. The largest absolute Gasteiger partial charge is 0.464 e. The average molecular weight is 354 g/mol. The average Bonchev–Trinajstić information content (AvgIpc) is 2.62. The summed E-state index contributed by atoms with van der Waals surface area (Å²) in [6.07, 6.45) is 0.347. The Morgan fingerprint density at radius 2 is 1.69 bits per heavy atom. The first-order valence-electron chi connectivity index (χ1n) is 9.16. The lowest BCUT2D eigenvalue weighted by atomic mass is 9.62. The van der Waals surface area contributed by atoms with E-state index in [1.165, 1.54) is 0 Å². The molecule has 0 bridgehead atoms. The smallest absolute Gasteiger partial charge is 0.334 e. The molecule has 0 unspecified atom stereocenters. The molecule has 138 valence electrons. The molecule has 0 radical (unpaired) electrons. The van der Waals surface area contributed by atoms with Crippen molar-refractivity contribution >= 4 is 12.9 Å². The molecule has 26 heavy (non-hydrogen) atoms. The molecule has 0 heterocycles. The molecule has 0 aliphatic heterocycles. The van der Waals surface area contributed by atoms with E-state index in [1.54, 1.807) is 13.7 Å². The number of rotatable bonds is 9. The highest BCUT2D eigenvalue weighted by Crippen LogP contribution is 2.24. The summed E-state index contributed by atoms with van der Waals surface area (Å²) in [7, 11) is 0. The Hall–Kier alpha value is -2.11. The first-order chi connectivity index (χ1) is 12.5. The molecule has 4 nitrogen and oxygen atoms in total. The lowest BCUT2D eigenvalue weighted by Gasteiger charge is -2.20. The normalized spacial score (nSPS) is 13.1. The van der Waals surface area contributed by atoms with Crippen LogP contribution < -0.4 is 0 Å². The minimum Gasteiger partial charge on any atom is -0.464 e. The quantitative estimate of drug-likeness (QED) is 0.535. The van der Waals surface area contributed by atoms with E-state index in [0.717, 1.165) is 16.7 Å². The molecule has 0 fully saturated rings. The van der Waals surface area contributed by atoms with Crippen LogP contribution in [0.15, 0.2) is 54.6 Å². The summed E-state index contributed by atoms with van der Waals surface area (Å²) in [5.74, 6) is -0.598. The zero-order valence-corrected chi connectivity index (χ0v) is 15.5. The van der Waals surface area contributed by atoms with Gasteiger partial charge in [0.1, 0.15) is 0 Å². The molecule has 0 saturated carbocycles. The number of hydrogen-bond acceptors (Lipinski definition) is 4. The Labute approximate surface area is 155 Å². The fourth-order valence-electron chi connectivity index (χ4n) is 3.19. The second-order valence-corrected chi connectivity index (χ2v) is 6.72. The topological polar surface area (TPSA) is 66.8 Å². The molecular weight excluding hydrogens is 327 g/mol. The number of esters is 1. The van der Waals surface area contributed by atoms with E-state index in [4.69, 9.17) is 4.74 Å². The van der Waals surface area contributed by atoms with Crippen molar-refractivity contribution < 1.29 is 19.7 Å². The van der Waals surface area contributed by atoms with Crippen LogP contribution in [0.5, 0.6) is 0 Å². The predicted molar refractivity (Wildman–Crippen MR) is 105 cm³/mol. The fourth-order valence-corrected chi connectivity index (χ4v) is 3.19. The van der Waals surface area contributed by atoms with Gasteiger partial charge in [-0.15, -0.1) is 0 Å². The highest BCUT2D eigenvalue weighted by atomic mass is 16.5. The summed E-state index contributed by atoms with van der Waals surface area (Å²) < 4.78 is 4.87. The fraction of sp³-hybridized carbons (Fsp3) is 0.381. The second kappa shape index (κ2) is 10.1. The lowest BCUT2D eigenvalue weighted by molar-refractivity contribution is -0.153. The van der Waals surface area contributed by atoms with Crippen molar-refractivity contribution in [3.8, 4) is 11.1 Å². The number of aliphatic hydroxyl groups excluding tert-OH is 1. The third kappa shape index (κ3) is 6.32. The van der Waals surface area contributed by atoms with Gasteiger partial charge in [0, 0.05) is 0 Å². The van der Waals surface area contributed by atoms with Crippen LogP contribution in [0.1, 0.15) is 18.9 Å². The van der Waals surface area contributed by atoms with Gasteiger partial charge in [-0.05, 0) is 48.7 Å². The summed E-state index contributed by atoms with van der Waals surface area (Å²) in [6, 6.07) is 18.4. The van der Waals surface area contributed by atoms with Crippen LogP contribution >= 0.6 is 0 Å². The molecule has 2 aromatic carbocycles. The Balaban J connectivity index is 2.04. The van der Waals surface area contributed by atoms with Crippen LogP contribution in [-0.4, -0.2) is 35.7 Å². The van der Waals surface area contributed by atoms with Gasteiger partial charge >= 0.3 is 5.97 Å². The van der Waals surface area contributed by atoms with Crippen LogP contribution in [0.2, 0.25) is 13.1 Å². The van der Waals surface area contributed by atoms with Crippen LogP contribution in [0.4, 0.5) is 0 Å². The maximum atomic E-state index is 11.7. The predicted octanol–water partition coefficient (Wildman–Crippen LogP) is 3.44. The lowest BCUT2D eigenvalue weighted by Crippen LogP contribution is -2.28. The SMILES string of the molecule is CCOC(=O)[C@H](O)C[C@@H](CB(C)O)Cc1ccc(-c2ccccc2)cc1. The molecule has 5 heteroatoms. The number of carbonyl (C=O) groups is 1. The van der Waals surface area contributed by atoms with Gasteiger partial charge in [0.2, 0.25) is 0 Å². The van der Waals surface area contributed by atoms with Crippen molar-refractivity contribution in [3.63, 3.8) is 0 Å². The van der Waals surface area contributed by atoms with Crippen LogP contribution in [0.25, 0.3) is 11.1 Å². The number of aliphatic hydroxyl groups is 1. The minimum absolute atomic E-state index is 0.00279. The Bertz CT molecular complexity index is 670. The van der Waals surface area contributed by atoms with Gasteiger partial charge in [-0.25, -0.2) is 4.79 Å². The van der Waals surface area contributed by atoms with E-state index in [2.05, 4.69) is 36.4 Å². The van der Waals surface area contributed by atoms with Crippen molar-refractivity contribution in [2.75, 3.05) is 6.61 Å². The Morgan fingerprint density at radius 3 is 2.27 bits per heavy atom. The number of benzene rings is 2. The van der Waals surface area contributed by atoms with Crippen molar-refractivity contribution in [1.29, 1.82) is 0 Å². The molecule has 2 N–H and O–H groups in total. The van der Waals surface area contributed by atoms with Crippen molar-refractivity contribution in [2.45, 2.75) is 39.0 Å². The monoisotopic (exact) mass is 354 g/mol. The maximum absolute atomic E-state index is 11.7. The number of carbonyl (C=O) groups excluding carboxylic acids is 1. The maximum Gasteiger partial charge on any atom is 0.334 e. The highest BCUT2D eigenvalue weighted by molar-refractivity contribution is 6.48. The van der Waals surface area contributed by atoms with E-state index in [1.807, 2.05) is 18.2 Å². The molecule has 2 rings (SSSR count). The van der Waals surface area contributed by atoms with Crippen LogP contribution in [0, 0.1) is 5.92 Å². The first-order valence-corrected chi connectivity index (χ1v) is 9.16. The molecule has 2 aromatic rings. The van der Waals surface area contributed by atoms with E-state index in [9.17, 15) is 14.9 Å². The molecular formula is C21H27BO4. The van der Waals surface area contributed by atoms with Gasteiger partial charge in [0.05, 0.1) is 6.61 Å². The Morgan fingerprint density at radius 1 is 1.08 bits per heavy atom. The molecule has 0 aromatic heterocycles. The van der Waals surface area contributed by atoms with Gasteiger partial charge in [-0.2, -0.15) is 0 Å². The first kappa shape index (κ1) is 20.2. The summed E-state index contributed by atoms with van der Waals surface area (Å²) in [4.78, 5) is 11.7. The van der Waals surface area contributed by atoms with Gasteiger partial charge in [0.15, 0.2) is 6.10 Å². The third-order valence-electron chi connectivity index (χ3n) is 4.38. The zero-order chi connectivity index (χ0) is 18.9. The van der Waals surface area contributed by atoms with E-state index in [0.29, 0.717) is 12.7 Å². The molecule has 2 atom stereocenters. The molecule has 0 saturated heterocycles. The molecule has 0 aliphatic rings.